The minimum absolute atomic E-state index is 0.217. The number of carbonyl (C=O) groups excluding carboxylic acids is 1. The lowest BCUT2D eigenvalue weighted by Gasteiger charge is -2.04. The van der Waals surface area contributed by atoms with E-state index in [1.807, 2.05) is 31.2 Å². The fraction of sp³-hybridized carbons (Fsp3) is 0.167. The van der Waals surface area contributed by atoms with E-state index in [1.54, 1.807) is 0 Å². The van der Waals surface area contributed by atoms with Crippen molar-refractivity contribution < 1.29 is 4.79 Å². The summed E-state index contributed by atoms with van der Waals surface area (Å²) in [6, 6.07) is 7.51. The summed E-state index contributed by atoms with van der Waals surface area (Å²) in [6.45, 7) is 2.41. The summed E-state index contributed by atoms with van der Waals surface area (Å²) in [5.41, 5.74) is 1.18. The van der Waals surface area contributed by atoms with Crippen LogP contribution in [0.3, 0.4) is 0 Å². The highest BCUT2D eigenvalue weighted by Gasteiger charge is 2.15. The highest BCUT2D eigenvalue weighted by Crippen LogP contribution is 2.21. The van der Waals surface area contributed by atoms with E-state index in [0.29, 0.717) is 17.3 Å². The van der Waals surface area contributed by atoms with Gasteiger partial charge >= 0.3 is 0 Å². The smallest absolute Gasteiger partial charge is 0.256 e. The quantitative estimate of drug-likeness (QED) is 0.941. The fourth-order valence-electron chi connectivity index (χ4n) is 1.50. The molecule has 0 saturated carbocycles. The maximum absolute atomic E-state index is 11.7. The molecule has 0 saturated heterocycles. The van der Waals surface area contributed by atoms with Crippen LogP contribution in [-0.2, 0) is 0 Å². The third-order valence-corrected chi connectivity index (χ3v) is 3.26. The van der Waals surface area contributed by atoms with Crippen molar-refractivity contribution in [2.45, 2.75) is 6.92 Å². The van der Waals surface area contributed by atoms with Gasteiger partial charge in [-0.15, -0.1) is 0 Å². The summed E-state index contributed by atoms with van der Waals surface area (Å²) in [5.74, 6) is -0.217. The maximum Gasteiger partial charge on any atom is 0.256 e. The summed E-state index contributed by atoms with van der Waals surface area (Å²) in [6.07, 6.45) is 1.47. The zero-order valence-electron chi connectivity index (χ0n) is 9.65. The van der Waals surface area contributed by atoms with Crippen molar-refractivity contribution in [1.29, 1.82) is 0 Å². The third-order valence-electron chi connectivity index (χ3n) is 2.36. The summed E-state index contributed by atoms with van der Waals surface area (Å²) in [5, 5.41) is 7.13. The molecule has 18 heavy (non-hydrogen) atoms. The van der Waals surface area contributed by atoms with Crippen LogP contribution in [0.1, 0.15) is 17.3 Å². The Bertz CT molecular complexity index is 565. The molecule has 1 aromatic heterocycles. The van der Waals surface area contributed by atoms with Gasteiger partial charge in [0.1, 0.15) is 5.15 Å². The molecule has 1 amide bonds. The number of aromatic nitrogens is 2. The fourth-order valence-corrected chi connectivity index (χ4v) is 2.04. The van der Waals surface area contributed by atoms with Gasteiger partial charge < -0.3 is 5.32 Å². The van der Waals surface area contributed by atoms with E-state index in [0.717, 1.165) is 10.2 Å². The average molecular weight is 329 g/mol. The minimum atomic E-state index is -0.217. The van der Waals surface area contributed by atoms with Crippen molar-refractivity contribution in [2.75, 3.05) is 6.54 Å². The normalized spacial score (nSPS) is 10.4. The molecule has 4 nitrogen and oxygen atoms in total. The Morgan fingerprint density at radius 1 is 1.44 bits per heavy atom. The van der Waals surface area contributed by atoms with Crippen molar-refractivity contribution >= 4 is 33.4 Å². The van der Waals surface area contributed by atoms with Gasteiger partial charge in [0.15, 0.2) is 0 Å². The van der Waals surface area contributed by atoms with E-state index < -0.39 is 0 Å². The maximum atomic E-state index is 11.7. The van der Waals surface area contributed by atoms with Crippen LogP contribution in [0.5, 0.6) is 0 Å². The Hall–Kier alpha value is -1.33. The van der Waals surface area contributed by atoms with Crippen LogP contribution in [0.2, 0.25) is 5.15 Å². The second-order valence-corrected chi connectivity index (χ2v) is 4.87. The molecular weight excluding hydrogens is 318 g/mol. The first kappa shape index (κ1) is 13.1. The first-order valence-electron chi connectivity index (χ1n) is 5.41. The van der Waals surface area contributed by atoms with Gasteiger partial charge in [-0.25, -0.2) is 4.68 Å². The van der Waals surface area contributed by atoms with Gasteiger partial charge in [0, 0.05) is 11.0 Å². The molecule has 0 aliphatic rings. The second kappa shape index (κ2) is 5.54. The monoisotopic (exact) mass is 327 g/mol. The molecule has 1 aromatic carbocycles. The predicted octanol–water partition coefficient (Wildman–Crippen LogP) is 3.04. The summed E-state index contributed by atoms with van der Waals surface area (Å²) < 4.78 is 2.50. The van der Waals surface area contributed by atoms with Gasteiger partial charge in [-0.3, -0.25) is 4.79 Å². The van der Waals surface area contributed by atoms with Crippen molar-refractivity contribution in [1.82, 2.24) is 15.1 Å². The third kappa shape index (κ3) is 2.57. The van der Waals surface area contributed by atoms with Crippen molar-refractivity contribution in [3.63, 3.8) is 0 Å². The summed E-state index contributed by atoms with van der Waals surface area (Å²) in [7, 11) is 0. The topological polar surface area (TPSA) is 46.9 Å². The first-order valence-corrected chi connectivity index (χ1v) is 6.58. The molecule has 94 valence electrons. The Morgan fingerprint density at radius 3 is 2.72 bits per heavy atom. The molecule has 0 fully saturated rings. The molecule has 1 N–H and O–H groups in total. The van der Waals surface area contributed by atoms with E-state index in [2.05, 4.69) is 26.3 Å². The van der Waals surface area contributed by atoms with Crippen LogP contribution in [0.15, 0.2) is 34.9 Å². The lowest BCUT2D eigenvalue weighted by molar-refractivity contribution is 0.0956. The molecule has 0 spiro atoms. The van der Waals surface area contributed by atoms with Crippen LogP contribution >= 0.6 is 27.5 Å². The molecule has 1 heterocycles. The minimum Gasteiger partial charge on any atom is -0.352 e. The van der Waals surface area contributed by atoms with Crippen LogP contribution in [-0.4, -0.2) is 22.2 Å². The standard InChI is InChI=1S/C12H11BrClN3O/c1-2-15-12(18)10-7-16-17(11(10)14)9-5-3-8(13)4-6-9/h3-7H,2H2,1H3,(H,15,18). The number of benzene rings is 1. The van der Waals surface area contributed by atoms with Gasteiger partial charge in [0.05, 0.1) is 17.4 Å². The molecule has 6 heteroatoms. The Kier molecular flexibility index (Phi) is 4.04. The number of halogens is 2. The van der Waals surface area contributed by atoms with Crippen LogP contribution in [0.4, 0.5) is 0 Å². The van der Waals surface area contributed by atoms with E-state index in [1.165, 1.54) is 10.9 Å². The van der Waals surface area contributed by atoms with Gasteiger partial charge in [-0.2, -0.15) is 5.10 Å². The molecule has 0 radical (unpaired) electrons. The first-order chi connectivity index (χ1) is 8.63. The average Bonchev–Trinajstić information content (AvgIpc) is 2.73. The molecule has 0 bridgehead atoms. The van der Waals surface area contributed by atoms with E-state index in [9.17, 15) is 4.79 Å². The Labute approximate surface area is 118 Å². The molecule has 0 aliphatic carbocycles. The summed E-state index contributed by atoms with van der Waals surface area (Å²) >= 11 is 9.52. The van der Waals surface area contributed by atoms with Crippen molar-refractivity contribution in [2.24, 2.45) is 0 Å². The van der Waals surface area contributed by atoms with Crippen LogP contribution < -0.4 is 5.32 Å². The highest BCUT2D eigenvalue weighted by atomic mass is 79.9. The second-order valence-electron chi connectivity index (χ2n) is 3.60. The predicted molar refractivity (Wildman–Crippen MR) is 74.3 cm³/mol. The van der Waals surface area contributed by atoms with Gasteiger partial charge in [0.2, 0.25) is 0 Å². The molecule has 0 atom stereocenters. The highest BCUT2D eigenvalue weighted by molar-refractivity contribution is 9.10. The molecule has 0 unspecified atom stereocenters. The number of hydrogen-bond acceptors (Lipinski definition) is 2. The van der Waals surface area contributed by atoms with Crippen molar-refractivity contribution in [3.8, 4) is 5.69 Å². The molecule has 2 aromatic rings. The van der Waals surface area contributed by atoms with E-state index in [-0.39, 0.29) is 5.91 Å². The number of hydrogen-bond donors (Lipinski definition) is 1. The SMILES string of the molecule is CCNC(=O)c1cnn(-c2ccc(Br)cc2)c1Cl. The van der Waals surface area contributed by atoms with Gasteiger partial charge in [-0.1, -0.05) is 27.5 Å². The van der Waals surface area contributed by atoms with E-state index in [4.69, 9.17) is 11.6 Å². The number of carbonyl (C=O) groups is 1. The Balaban J connectivity index is 2.36. The number of amides is 1. The zero-order chi connectivity index (χ0) is 13.1. The summed E-state index contributed by atoms with van der Waals surface area (Å²) in [4.78, 5) is 11.7. The lowest BCUT2D eigenvalue weighted by atomic mass is 10.3. The largest absolute Gasteiger partial charge is 0.352 e. The van der Waals surface area contributed by atoms with Gasteiger partial charge in [0.25, 0.3) is 5.91 Å². The van der Waals surface area contributed by atoms with Crippen LogP contribution in [0.25, 0.3) is 5.69 Å². The number of rotatable bonds is 3. The molecule has 2 rings (SSSR count). The van der Waals surface area contributed by atoms with E-state index >= 15 is 0 Å². The zero-order valence-corrected chi connectivity index (χ0v) is 12.0. The van der Waals surface area contributed by atoms with Crippen LogP contribution in [0, 0.1) is 0 Å². The number of nitrogens with zero attached hydrogens (tertiary/aromatic N) is 2. The molecular formula is C12H11BrClN3O. The Morgan fingerprint density at radius 2 is 2.11 bits per heavy atom. The van der Waals surface area contributed by atoms with Crippen molar-refractivity contribution in [3.05, 3.63) is 45.7 Å². The molecule has 0 aliphatic heterocycles. The number of nitrogens with one attached hydrogen (secondary N) is 1. The van der Waals surface area contributed by atoms with Gasteiger partial charge in [-0.05, 0) is 31.2 Å². The lowest BCUT2D eigenvalue weighted by Crippen LogP contribution is -2.22.